The maximum atomic E-state index is 12.3. The number of nitrogens with one attached hydrogen (secondary N) is 1. The van der Waals surface area contributed by atoms with Crippen molar-refractivity contribution in [2.75, 3.05) is 19.6 Å². The number of piperidine rings is 1. The smallest absolute Gasteiger partial charge is 0.251 e. The van der Waals surface area contributed by atoms with E-state index in [0.29, 0.717) is 6.54 Å². The van der Waals surface area contributed by atoms with Gasteiger partial charge < -0.3 is 5.32 Å². The fourth-order valence-electron chi connectivity index (χ4n) is 2.60. The number of nitriles is 1. The first-order chi connectivity index (χ1) is 9.61. The van der Waals surface area contributed by atoms with E-state index in [1.165, 1.54) is 0 Å². The first-order valence-corrected chi connectivity index (χ1v) is 7.08. The molecule has 0 aromatic heterocycles. The van der Waals surface area contributed by atoms with Gasteiger partial charge >= 0.3 is 0 Å². The van der Waals surface area contributed by atoms with Crippen molar-refractivity contribution in [1.82, 2.24) is 10.2 Å². The van der Waals surface area contributed by atoms with Crippen LogP contribution in [0, 0.1) is 25.2 Å². The van der Waals surface area contributed by atoms with Gasteiger partial charge in [0.05, 0.1) is 12.6 Å². The van der Waals surface area contributed by atoms with Crippen molar-refractivity contribution in [3.8, 4) is 6.07 Å². The minimum atomic E-state index is 0.0185. The van der Waals surface area contributed by atoms with E-state index in [9.17, 15) is 4.79 Å². The summed E-state index contributed by atoms with van der Waals surface area (Å²) in [5.74, 6) is 0.0185. The third-order valence-corrected chi connectivity index (χ3v) is 4.07. The van der Waals surface area contributed by atoms with Crippen LogP contribution in [-0.4, -0.2) is 36.5 Å². The molecule has 1 N–H and O–H groups in total. The minimum Gasteiger partial charge on any atom is -0.349 e. The van der Waals surface area contributed by atoms with Crippen molar-refractivity contribution in [2.45, 2.75) is 32.7 Å². The molecule has 0 unspecified atom stereocenters. The van der Waals surface area contributed by atoms with Gasteiger partial charge in [-0.15, -0.1) is 0 Å². The molecule has 1 heterocycles. The maximum Gasteiger partial charge on any atom is 0.251 e. The third-order valence-electron chi connectivity index (χ3n) is 4.07. The number of likely N-dealkylation sites (tertiary alicyclic amines) is 1. The van der Waals surface area contributed by atoms with E-state index >= 15 is 0 Å². The normalized spacial score (nSPS) is 16.6. The molecule has 1 fully saturated rings. The first kappa shape index (κ1) is 14.5. The molecule has 20 heavy (non-hydrogen) atoms. The standard InChI is InChI=1S/C16H21N3O/c1-12-4-3-5-15(13(12)2)16(20)18-14-6-9-19(10-7-14)11-8-17/h3-5,14H,6-7,9-11H2,1-2H3,(H,18,20). The Labute approximate surface area is 120 Å². The van der Waals surface area contributed by atoms with Crippen molar-refractivity contribution in [2.24, 2.45) is 0 Å². The molecule has 2 rings (SSSR count). The van der Waals surface area contributed by atoms with Gasteiger partial charge in [0.15, 0.2) is 0 Å². The molecule has 4 heteroatoms. The van der Waals surface area contributed by atoms with Crippen LogP contribution in [0.1, 0.15) is 34.3 Å². The molecule has 1 saturated heterocycles. The van der Waals surface area contributed by atoms with Gasteiger partial charge in [0.1, 0.15) is 0 Å². The topological polar surface area (TPSA) is 56.1 Å². The van der Waals surface area contributed by atoms with Gasteiger partial charge in [-0.2, -0.15) is 5.26 Å². The van der Waals surface area contributed by atoms with E-state index < -0.39 is 0 Å². The number of benzene rings is 1. The summed E-state index contributed by atoms with van der Waals surface area (Å²) in [6.07, 6.45) is 1.83. The van der Waals surface area contributed by atoms with Gasteiger partial charge in [0.2, 0.25) is 0 Å². The summed E-state index contributed by atoms with van der Waals surface area (Å²) < 4.78 is 0. The number of amides is 1. The monoisotopic (exact) mass is 271 g/mol. The average molecular weight is 271 g/mol. The fraction of sp³-hybridized carbons (Fsp3) is 0.500. The van der Waals surface area contributed by atoms with Gasteiger partial charge in [-0.05, 0) is 43.9 Å². The highest BCUT2D eigenvalue weighted by Crippen LogP contribution is 2.15. The summed E-state index contributed by atoms with van der Waals surface area (Å²) in [5, 5.41) is 11.8. The Morgan fingerprint density at radius 3 is 2.75 bits per heavy atom. The van der Waals surface area contributed by atoms with E-state index in [-0.39, 0.29) is 11.9 Å². The van der Waals surface area contributed by atoms with Crippen LogP contribution in [-0.2, 0) is 0 Å². The number of nitrogens with zero attached hydrogens (tertiary/aromatic N) is 2. The number of carbonyl (C=O) groups is 1. The Morgan fingerprint density at radius 2 is 2.10 bits per heavy atom. The number of rotatable bonds is 3. The van der Waals surface area contributed by atoms with Crippen LogP contribution in [0.25, 0.3) is 0 Å². The van der Waals surface area contributed by atoms with Gasteiger partial charge in [-0.1, -0.05) is 12.1 Å². The summed E-state index contributed by atoms with van der Waals surface area (Å²) >= 11 is 0. The highest BCUT2D eigenvalue weighted by atomic mass is 16.1. The number of aryl methyl sites for hydroxylation is 1. The maximum absolute atomic E-state index is 12.3. The quantitative estimate of drug-likeness (QED) is 0.856. The lowest BCUT2D eigenvalue weighted by molar-refractivity contribution is 0.0913. The second kappa shape index (κ2) is 6.53. The molecule has 0 saturated carbocycles. The molecule has 0 atom stereocenters. The third kappa shape index (κ3) is 3.37. The molecular weight excluding hydrogens is 250 g/mol. The number of carbonyl (C=O) groups excluding carboxylic acids is 1. The van der Waals surface area contributed by atoms with Crippen LogP contribution in [0.15, 0.2) is 18.2 Å². The Kier molecular flexibility index (Phi) is 4.75. The second-order valence-electron chi connectivity index (χ2n) is 5.43. The van der Waals surface area contributed by atoms with Crippen molar-refractivity contribution < 1.29 is 4.79 Å². The van der Waals surface area contributed by atoms with Crippen molar-refractivity contribution >= 4 is 5.91 Å². The van der Waals surface area contributed by atoms with Crippen LogP contribution in [0.5, 0.6) is 0 Å². The van der Waals surface area contributed by atoms with E-state index in [2.05, 4.69) is 16.3 Å². The highest BCUT2D eigenvalue weighted by Gasteiger charge is 2.21. The number of hydrogen-bond acceptors (Lipinski definition) is 3. The van der Waals surface area contributed by atoms with Gasteiger partial charge in [0.25, 0.3) is 5.91 Å². The zero-order valence-corrected chi connectivity index (χ0v) is 12.1. The van der Waals surface area contributed by atoms with Crippen molar-refractivity contribution in [1.29, 1.82) is 5.26 Å². The molecule has 1 amide bonds. The molecule has 4 nitrogen and oxygen atoms in total. The lowest BCUT2D eigenvalue weighted by atomic mass is 10.0. The van der Waals surface area contributed by atoms with Gasteiger partial charge in [0, 0.05) is 24.7 Å². The zero-order valence-electron chi connectivity index (χ0n) is 12.1. The van der Waals surface area contributed by atoms with Crippen LogP contribution in [0.4, 0.5) is 0 Å². The molecule has 1 aromatic rings. The summed E-state index contributed by atoms with van der Waals surface area (Å²) in [6, 6.07) is 8.21. The molecule has 1 aliphatic rings. The van der Waals surface area contributed by atoms with Crippen LogP contribution in [0.2, 0.25) is 0 Å². The lowest BCUT2D eigenvalue weighted by Gasteiger charge is -2.30. The van der Waals surface area contributed by atoms with Crippen LogP contribution in [0.3, 0.4) is 0 Å². The summed E-state index contributed by atoms with van der Waals surface area (Å²) in [4.78, 5) is 14.4. The number of hydrogen-bond donors (Lipinski definition) is 1. The molecule has 0 bridgehead atoms. The summed E-state index contributed by atoms with van der Waals surface area (Å²) in [5.41, 5.74) is 2.96. The Balaban J connectivity index is 1.93. The van der Waals surface area contributed by atoms with Gasteiger partial charge in [-0.3, -0.25) is 9.69 Å². The predicted molar refractivity (Wildman–Crippen MR) is 78.5 cm³/mol. The first-order valence-electron chi connectivity index (χ1n) is 7.08. The fourth-order valence-corrected chi connectivity index (χ4v) is 2.60. The molecule has 0 spiro atoms. The zero-order chi connectivity index (χ0) is 14.5. The van der Waals surface area contributed by atoms with E-state index in [4.69, 9.17) is 5.26 Å². The van der Waals surface area contributed by atoms with Crippen molar-refractivity contribution in [3.63, 3.8) is 0 Å². The summed E-state index contributed by atoms with van der Waals surface area (Å²) in [6.45, 7) is 6.25. The van der Waals surface area contributed by atoms with E-state index in [0.717, 1.165) is 42.6 Å². The van der Waals surface area contributed by atoms with E-state index in [1.807, 2.05) is 32.0 Å². The SMILES string of the molecule is Cc1cccc(C(=O)NC2CCN(CC#N)CC2)c1C. The minimum absolute atomic E-state index is 0.0185. The highest BCUT2D eigenvalue weighted by molar-refractivity contribution is 5.96. The largest absolute Gasteiger partial charge is 0.349 e. The lowest BCUT2D eigenvalue weighted by Crippen LogP contribution is -2.44. The molecule has 1 aromatic carbocycles. The van der Waals surface area contributed by atoms with Crippen molar-refractivity contribution in [3.05, 3.63) is 34.9 Å². The molecule has 0 aliphatic carbocycles. The summed E-state index contributed by atoms with van der Waals surface area (Å²) in [7, 11) is 0. The van der Waals surface area contributed by atoms with Crippen LogP contribution >= 0.6 is 0 Å². The predicted octanol–water partition coefficient (Wildman–Crippen LogP) is 2.02. The Hall–Kier alpha value is -1.86. The average Bonchev–Trinajstić information content (AvgIpc) is 2.44. The Morgan fingerprint density at radius 1 is 1.40 bits per heavy atom. The Bertz CT molecular complexity index is 525. The van der Waals surface area contributed by atoms with Gasteiger partial charge in [-0.25, -0.2) is 0 Å². The molecule has 0 radical (unpaired) electrons. The van der Waals surface area contributed by atoms with Crippen LogP contribution < -0.4 is 5.32 Å². The molecule has 106 valence electrons. The second-order valence-corrected chi connectivity index (χ2v) is 5.43. The molecular formula is C16H21N3O. The van der Waals surface area contributed by atoms with E-state index in [1.54, 1.807) is 0 Å². The molecule has 1 aliphatic heterocycles.